The molecular formula is C25H26BrFN2O3. The summed E-state index contributed by atoms with van der Waals surface area (Å²) in [5.41, 5.74) is 3.58. The minimum absolute atomic E-state index is 0.112. The first-order valence-electron chi connectivity index (χ1n) is 10.5. The zero-order valence-corrected chi connectivity index (χ0v) is 19.5. The van der Waals surface area contributed by atoms with E-state index in [2.05, 4.69) is 50.4 Å². The molecule has 0 radical (unpaired) electrons. The van der Waals surface area contributed by atoms with E-state index in [0.29, 0.717) is 23.6 Å². The number of hydrogen-bond donors (Lipinski definition) is 1. The van der Waals surface area contributed by atoms with Crippen molar-refractivity contribution in [3.63, 3.8) is 0 Å². The number of nitrogens with zero attached hydrogens (tertiary/aromatic N) is 1. The van der Waals surface area contributed by atoms with Gasteiger partial charge in [0.05, 0.1) is 20.3 Å². The van der Waals surface area contributed by atoms with E-state index in [1.54, 1.807) is 25.3 Å². The molecule has 1 saturated heterocycles. The number of halogens is 2. The van der Waals surface area contributed by atoms with E-state index in [-0.39, 0.29) is 12.4 Å². The van der Waals surface area contributed by atoms with Gasteiger partial charge in [0.2, 0.25) is 0 Å². The molecule has 1 aliphatic heterocycles. The van der Waals surface area contributed by atoms with Crippen LogP contribution in [0.2, 0.25) is 0 Å². The van der Waals surface area contributed by atoms with Crippen LogP contribution in [0.5, 0.6) is 11.5 Å². The smallest absolute Gasteiger partial charge is 0.167 e. The molecule has 0 aromatic heterocycles. The SMILES string of the molecule is COc1ccc(Br)c(CNc2ccc(N3CCOCC3)cc2)c1OCc1ccccc1F. The van der Waals surface area contributed by atoms with Crippen LogP contribution >= 0.6 is 15.9 Å². The predicted molar refractivity (Wildman–Crippen MR) is 128 cm³/mol. The van der Waals surface area contributed by atoms with Crippen LogP contribution in [0.15, 0.2) is 65.1 Å². The van der Waals surface area contributed by atoms with Crippen molar-refractivity contribution in [2.45, 2.75) is 13.2 Å². The highest BCUT2D eigenvalue weighted by Crippen LogP contribution is 2.37. The number of methoxy groups -OCH3 is 1. The molecule has 0 bridgehead atoms. The monoisotopic (exact) mass is 500 g/mol. The lowest BCUT2D eigenvalue weighted by Gasteiger charge is -2.29. The molecular weight excluding hydrogens is 475 g/mol. The number of nitrogens with one attached hydrogen (secondary N) is 1. The van der Waals surface area contributed by atoms with Gasteiger partial charge in [-0.05, 0) is 42.5 Å². The number of anilines is 2. The van der Waals surface area contributed by atoms with Crippen LogP contribution in [0, 0.1) is 5.82 Å². The first-order valence-corrected chi connectivity index (χ1v) is 11.3. The third-order valence-corrected chi connectivity index (χ3v) is 6.17. The van der Waals surface area contributed by atoms with Gasteiger partial charge < -0.3 is 24.4 Å². The third kappa shape index (κ3) is 5.34. The molecule has 3 aromatic carbocycles. The number of hydrogen-bond acceptors (Lipinski definition) is 5. The normalized spacial score (nSPS) is 13.7. The molecule has 1 N–H and O–H groups in total. The Morgan fingerprint density at radius 3 is 2.50 bits per heavy atom. The highest BCUT2D eigenvalue weighted by molar-refractivity contribution is 9.10. The molecule has 0 atom stereocenters. The van der Waals surface area contributed by atoms with Crippen LogP contribution in [-0.2, 0) is 17.9 Å². The van der Waals surface area contributed by atoms with Gasteiger partial charge in [-0.2, -0.15) is 0 Å². The summed E-state index contributed by atoms with van der Waals surface area (Å²) in [5.74, 6) is 0.896. The van der Waals surface area contributed by atoms with Gasteiger partial charge in [-0.3, -0.25) is 0 Å². The molecule has 0 saturated carbocycles. The predicted octanol–water partition coefficient (Wildman–Crippen LogP) is 5.62. The fourth-order valence-electron chi connectivity index (χ4n) is 3.63. The minimum atomic E-state index is -0.290. The van der Waals surface area contributed by atoms with E-state index in [1.807, 2.05) is 12.1 Å². The second-order valence-electron chi connectivity index (χ2n) is 7.44. The zero-order chi connectivity index (χ0) is 22.3. The van der Waals surface area contributed by atoms with Crippen molar-refractivity contribution in [2.24, 2.45) is 0 Å². The Balaban J connectivity index is 1.48. The fourth-order valence-corrected chi connectivity index (χ4v) is 4.09. The van der Waals surface area contributed by atoms with Gasteiger partial charge in [-0.25, -0.2) is 4.39 Å². The summed E-state index contributed by atoms with van der Waals surface area (Å²) in [4.78, 5) is 2.32. The summed E-state index contributed by atoms with van der Waals surface area (Å²) in [6.07, 6.45) is 0. The van der Waals surface area contributed by atoms with Gasteiger partial charge >= 0.3 is 0 Å². The van der Waals surface area contributed by atoms with Crippen LogP contribution in [0.4, 0.5) is 15.8 Å². The highest BCUT2D eigenvalue weighted by Gasteiger charge is 2.16. The summed E-state index contributed by atoms with van der Waals surface area (Å²) in [7, 11) is 1.60. The Hall–Kier alpha value is -2.77. The van der Waals surface area contributed by atoms with Crippen molar-refractivity contribution >= 4 is 27.3 Å². The summed E-state index contributed by atoms with van der Waals surface area (Å²) < 4.78 is 31.9. The number of rotatable bonds is 8. The lowest BCUT2D eigenvalue weighted by molar-refractivity contribution is 0.122. The molecule has 0 spiro atoms. The summed E-state index contributed by atoms with van der Waals surface area (Å²) in [6.45, 7) is 3.97. The maximum atomic E-state index is 14.0. The van der Waals surface area contributed by atoms with Crippen molar-refractivity contribution in [3.8, 4) is 11.5 Å². The van der Waals surface area contributed by atoms with Crippen molar-refractivity contribution in [1.29, 1.82) is 0 Å². The molecule has 7 heteroatoms. The number of ether oxygens (including phenoxy) is 3. The summed E-state index contributed by atoms with van der Waals surface area (Å²) in [6, 6.07) is 18.7. The molecule has 1 heterocycles. The molecule has 0 unspecified atom stereocenters. The van der Waals surface area contributed by atoms with E-state index < -0.39 is 0 Å². The largest absolute Gasteiger partial charge is 0.493 e. The van der Waals surface area contributed by atoms with E-state index in [9.17, 15) is 4.39 Å². The number of morpholine rings is 1. The lowest BCUT2D eigenvalue weighted by atomic mass is 10.1. The van der Waals surface area contributed by atoms with Gasteiger partial charge in [0.1, 0.15) is 12.4 Å². The standard InChI is InChI=1S/C25H26BrFN2O3/c1-30-24-11-10-22(26)21(25(24)32-17-18-4-2-3-5-23(18)27)16-28-19-6-8-20(9-7-19)29-12-14-31-15-13-29/h2-11,28H,12-17H2,1H3. The minimum Gasteiger partial charge on any atom is -0.493 e. The average molecular weight is 501 g/mol. The number of benzene rings is 3. The molecule has 32 heavy (non-hydrogen) atoms. The molecule has 0 amide bonds. The Kier molecular flexibility index (Phi) is 7.50. The van der Waals surface area contributed by atoms with Gasteiger partial charge in [0.25, 0.3) is 0 Å². The van der Waals surface area contributed by atoms with Gasteiger partial charge in [-0.15, -0.1) is 0 Å². The van der Waals surface area contributed by atoms with Crippen LogP contribution in [0.3, 0.4) is 0 Å². The van der Waals surface area contributed by atoms with Crippen LogP contribution in [0.1, 0.15) is 11.1 Å². The lowest BCUT2D eigenvalue weighted by Crippen LogP contribution is -2.36. The van der Waals surface area contributed by atoms with Crippen LogP contribution < -0.4 is 19.7 Å². The Bertz CT molecular complexity index is 1040. The highest BCUT2D eigenvalue weighted by atomic mass is 79.9. The van der Waals surface area contributed by atoms with Gasteiger partial charge in [0, 0.05) is 46.6 Å². The fraction of sp³-hybridized carbons (Fsp3) is 0.280. The Morgan fingerprint density at radius 1 is 1.03 bits per heavy atom. The second kappa shape index (κ2) is 10.7. The van der Waals surface area contributed by atoms with Crippen molar-refractivity contribution in [2.75, 3.05) is 43.6 Å². The van der Waals surface area contributed by atoms with Gasteiger partial charge in [0.15, 0.2) is 11.5 Å². The van der Waals surface area contributed by atoms with Gasteiger partial charge in [-0.1, -0.05) is 34.1 Å². The topological polar surface area (TPSA) is 43.0 Å². The molecule has 168 valence electrons. The van der Waals surface area contributed by atoms with Crippen LogP contribution in [0.25, 0.3) is 0 Å². The Morgan fingerprint density at radius 2 is 1.78 bits per heavy atom. The average Bonchev–Trinajstić information content (AvgIpc) is 2.84. The quantitative estimate of drug-likeness (QED) is 0.434. The Labute approximate surface area is 196 Å². The molecule has 4 rings (SSSR count). The first-order chi connectivity index (χ1) is 15.7. The molecule has 1 aliphatic rings. The maximum absolute atomic E-state index is 14.0. The van der Waals surface area contributed by atoms with E-state index >= 15 is 0 Å². The van der Waals surface area contributed by atoms with E-state index in [4.69, 9.17) is 14.2 Å². The summed E-state index contributed by atoms with van der Waals surface area (Å²) in [5, 5.41) is 3.45. The second-order valence-corrected chi connectivity index (χ2v) is 8.29. The summed E-state index contributed by atoms with van der Waals surface area (Å²) >= 11 is 3.62. The molecule has 1 fully saturated rings. The first kappa shape index (κ1) is 22.4. The zero-order valence-electron chi connectivity index (χ0n) is 17.9. The van der Waals surface area contributed by atoms with Crippen molar-refractivity contribution < 1.29 is 18.6 Å². The third-order valence-electron chi connectivity index (χ3n) is 5.43. The molecule has 5 nitrogen and oxygen atoms in total. The van der Waals surface area contributed by atoms with Crippen molar-refractivity contribution in [1.82, 2.24) is 0 Å². The van der Waals surface area contributed by atoms with E-state index in [0.717, 1.165) is 42.0 Å². The molecule has 3 aromatic rings. The van der Waals surface area contributed by atoms with Crippen LogP contribution in [-0.4, -0.2) is 33.4 Å². The van der Waals surface area contributed by atoms with Crippen molar-refractivity contribution in [3.05, 3.63) is 82.1 Å². The van der Waals surface area contributed by atoms with E-state index in [1.165, 1.54) is 11.8 Å². The molecule has 0 aliphatic carbocycles. The maximum Gasteiger partial charge on any atom is 0.167 e.